The molecule has 1 atom stereocenters. The van der Waals surface area contributed by atoms with Gasteiger partial charge in [-0.2, -0.15) is 4.98 Å². The summed E-state index contributed by atoms with van der Waals surface area (Å²) >= 11 is 0. The van der Waals surface area contributed by atoms with Crippen molar-refractivity contribution in [3.8, 4) is 0 Å². The molecule has 4 heteroatoms. The van der Waals surface area contributed by atoms with Crippen LogP contribution in [0, 0.1) is 0 Å². The van der Waals surface area contributed by atoms with E-state index in [1.54, 1.807) is 4.57 Å². The highest BCUT2D eigenvalue weighted by Crippen LogP contribution is 2.37. The van der Waals surface area contributed by atoms with Crippen LogP contribution in [0.5, 0.6) is 0 Å². The topological polar surface area (TPSA) is 47.2 Å². The summed E-state index contributed by atoms with van der Waals surface area (Å²) in [6, 6.07) is 27.4. The van der Waals surface area contributed by atoms with Crippen LogP contribution in [0.2, 0.25) is 0 Å². The molecule has 0 amide bonds. The Balaban J connectivity index is 1.85. The highest BCUT2D eigenvalue weighted by molar-refractivity contribution is 6.10. The number of para-hydroxylation sites is 1. The van der Waals surface area contributed by atoms with Gasteiger partial charge in [0.2, 0.25) is 0 Å². The molecule has 1 unspecified atom stereocenters. The molecule has 0 saturated carbocycles. The van der Waals surface area contributed by atoms with Crippen molar-refractivity contribution in [1.29, 1.82) is 0 Å². The second-order valence-corrected chi connectivity index (χ2v) is 6.28. The first-order chi connectivity index (χ1) is 12.8. The fourth-order valence-electron chi connectivity index (χ4n) is 3.56. The van der Waals surface area contributed by atoms with Gasteiger partial charge in [0.1, 0.15) is 11.9 Å². The molecule has 0 aliphatic carbocycles. The number of aliphatic imine (C=N–C) groups is 1. The van der Waals surface area contributed by atoms with E-state index in [1.807, 2.05) is 84.9 Å². The standard InChI is InChI=1S/C22H15N3O/c26-22-23-18-14-8-7-13-17(18)21-24-19(15-9-3-1-4-10-15)20(25(21)22)16-11-5-2-6-12-16/h1-14,20H. The Bertz CT molecular complexity index is 1190. The molecule has 0 radical (unpaired) electrons. The van der Waals surface area contributed by atoms with Gasteiger partial charge in [-0.3, -0.25) is 4.57 Å². The van der Waals surface area contributed by atoms with E-state index in [1.165, 1.54) is 0 Å². The van der Waals surface area contributed by atoms with E-state index in [9.17, 15) is 4.79 Å². The molecule has 0 spiro atoms. The van der Waals surface area contributed by atoms with Crippen molar-refractivity contribution in [3.05, 3.63) is 107 Å². The molecule has 124 valence electrons. The lowest BCUT2D eigenvalue weighted by atomic mass is 9.97. The summed E-state index contributed by atoms with van der Waals surface area (Å²) in [6.45, 7) is 0. The molecule has 1 aromatic heterocycles. The third-order valence-corrected chi connectivity index (χ3v) is 4.72. The van der Waals surface area contributed by atoms with Crippen LogP contribution < -0.4 is 5.69 Å². The fraction of sp³-hybridized carbons (Fsp3) is 0.0455. The number of fused-ring (bicyclic) bond motifs is 3. The van der Waals surface area contributed by atoms with Crippen LogP contribution >= 0.6 is 0 Å². The van der Waals surface area contributed by atoms with Gasteiger partial charge in [0.05, 0.1) is 11.2 Å². The van der Waals surface area contributed by atoms with Gasteiger partial charge in [-0.1, -0.05) is 72.8 Å². The zero-order valence-electron chi connectivity index (χ0n) is 13.9. The quantitative estimate of drug-likeness (QED) is 0.552. The SMILES string of the molecule is O=c1nc2ccccc2c2n1C(c1ccccc1)C(c1ccccc1)=N2. The first-order valence-electron chi connectivity index (χ1n) is 8.53. The maximum atomic E-state index is 12.9. The summed E-state index contributed by atoms with van der Waals surface area (Å²) in [5.41, 5.74) is 3.30. The van der Waals surface area contributed by atoms with Gasteiger partial charge in [0, 0.05) is 5.39 Å². The highest BCUT2D eigenvalue weighted by Gasteiger charge is 2.31. The Hall–Kier alpha value is -3.53. The highest BCUT2D eigenvalue weighted by atomic mass is 16.1. The number of aromatic nitrogens is 2. The maximum Gasteiger partial charge on any atom is 0.350 e. The number of rotatable bonds is 2. The maximum absolute atomic E-state index is 12.9. The van der Waals surface area contributed by atoms with Crippen LogP contribution in [-0.2, 0) is 0 Å². The lowest BCUT2D eigenvalue weighted by molar-refractivity contribution is 0.715. The van der Waals surface area contributed by atoms with E-state index in [4.69, 9.17) is 4.99 Å². The molecule has 3 aromatic carbocycles. The molecule has 4 aromatic rings. The van der Waals surface area contributed by atoms with Crippen molar-refractivity contribution in [1.82, 2.24) is 9.55 Å². The monoisotopic (exact) mass is 337 g/mol. The molecule has 0 N–H and O–H groups in total. The Kier molecular flexibility index (Phi) is 3.28. The zero-order chi connectivity index (χ0) is 17.5. The zero-order valence-corrected chi connectivity index (χ0v) is 13.9. The third-order valence-electron chi connectivity index (χ3n) is 4.72. The molecular formula is C22H15N3O. The van der Waals surface area contributed by atoms with Crippen molar-refractivity contribution in [3.63, 3.8) is 0 Å². The van der Waals surface area contributed by atoms with Gasteiger partial charge >= 0.3 is 5.69 Å². The average molecular weight is 337 g/mol. The number of hydrogen-bond donors (Lipinski definition) is 0. The van der Waals surface area contributed by atoms with Gasteiger partial charge in [0.25, 0.3) is 0 Å². The summed E-state index contributed by atoms with van der Waals surface area (Å²) in [5, 5.41) is 0.888. The smallest absolute Gasteiger partial charge is 0.263 e. The average Bonchev–Trinajstić information content (AvgIpc) is 3.11. The van der Waals surface area contributed by atoms with Gasteiger partial charge < -0.3 is 0 Å². The van der Waals surface area contributed by atoms with Crippen LogP contribution in [0.15, 0.2) is 94.7 Å². The van der Waals surface area contributed by atoms with Crippen LogP contribution in [0.3, 0.4) is 0 Å². The number of benzene rings is 3. The lowest BCUT2D eigenvalue weighted by Crippen LogP contribution is -2.29. The van der Waals surface area contributed by atoms with Crippen LogP contribution in [-0.4, -0.2) is 15.3 Å². The summed E-state index contributed by atoms with van der Waals surface area (Å²) in [4.78, 5) is 22.1. The Morgan fingerprint density at radius 2 is 1.42 bits per heavy atom. The molecule has 26 heavy (non-hydrogen) atoms. The van der Waals surface area contributed by atoms with Crippen LogP contribution in [0.4, 0.5) is 5.82 Å². The van der Waals surface area contributed by atoms with E-state index in [-0.39, 0.29) is 11.7 Å². The minimum Gasteiger partial charge on any atom is -0.263 e. The van der Waals surface area contributed by atoms with Gasteiger partial charge in [0.15, 0.2) is 0 Å². The molecule has 0 saturated heterocycles. The molecule has 4 nitrogen and oxygen atoms in total. The Morgan fingerprint density at radius 3 is 2.19 bits per heavy atom. The largest absolute Gasteiger partial charge is 0.350 e. The molecule has 5 rings (SSSR count). The minimum atomic E-state index is -0.279. The predicted octanol–water partition coefficient (Wildman–Crippen LogP) is 4.12. The van der Waals surface area contributed by atoms with Crippen molar-refractivity contribution >= 4 is 22.4 Å². The molecule has 1 aliphatic heterocycles. The minimum absolute atomic E-state index is 0.276. The predicted molar refractivity (Wildman–Crippen MR) is 103 cm³/mol. The van der Waals surface area contributed by atoms with E-state index in [2.05, 4.69) is 4.98 Å². The van der Waals surface area contributed by atoms with E-state index >= 15 is 0 Å². The van der Waals surface area contributed by atoms with Gasteiger partial charge in [-0.05, 0) is 23.3 Å². The van der Waals surface area contributed by atoms with Crippen LogP contribution in [0.1, 0.15) is 17.2 Å². The van der Waals surface area contributed by atoms with E-state index in [0.29, 0.717) is 11.3 Å². The van der Waals surface area contributed by atoms with Crippen molar-refractivity contribution in [2.75, 3.05) is 0 Å². The third kappa shape index (κ3) is 2.19. The second-order valence-electron chi connectivity index (χ2n) is 6.28. The number of hydrogen-bond acceptors (Lipinski definition) is 3. The van der Waals surface area contributed by atoms with Crippen molar-refractivity contribution < 1.29 is 0 Å². The summed E-state index contributed by atoms with van der Waals surface area (Å²) < 4.78 is 1.71. The first-order valence-corrected chi connectivity index (χ1v) is 8.53. The Labute approximate surface area is 150 Å². The number of nitrogens with zero attached hydrogens (tertiary/aromatic N) is 3. The molecule has 1 aliphatic rings. The normalized spacial score (nSPS) is 15.7. The second kappa shape index (κ2) is 5.77. The van der Waals surface area contributed by atoms with E-state index in [0.717, 1.165) is 22.2 Å². The van der Waals surface area contributed by atoms with Gasteiger partial charge in [-0.25, -0.2) is 9.79 Å². The van der Waals surface area contributed by atoms with E-state index < -0.39 is 0 Å². The van der Waals surface area contributed by atoms with Crippen LogP contribution in [0.25, 0.3) is 10.9 Å². The fourth-order valence-corrected chi connectivity index (χ4v) is 3.56. The lowest BCUT2D eigenvalue weighted by Gasteiger charge is -2.17. The molecule has 0 fully saturated rings. The van der Waals surface area contributed by atoms with Crippen molar-refractivity contribution in [2.45, 2.75) is 6.04 Å². The van der Waals surface area contributed by atoms with Crippen molar-refractivity contribution in [2.24, 2.45) is 4.99 Å². The first kappa shape index (κ1) is 14.8. The molecule has 0 bridgehead atoms. The van der Waals surface area contributed by atoms with Gasteiger partial charge in [-0.15, -0.1) is 0 Å². The summed E-state index contributed by atoms with van der Waals surface area (Å²) in [7, 11) is 0. The molecular weight excluding hydrogens is 322 g/mol. The summed E-state index contributed by atoms with van der Waals surface area (Å²) in [5.74, 6) is 0.674. The Morgan fingerprint density at radius 1 is 0.769 bits per heavy atom. The molecule has 2 heterocycles. The summed E-state index contributed by atoms with van der Waals surface area (Å²) in [6.07, 6.45) is 0.